The molecule has 100 valence electrons. The van der Waals surface area contributed by atoms with Crippen LogP contribution in [0.2, 0.25) is 0 Å². The van der Waals surface area contributed by atoms with Gasteiger partial charge >= 0.3 is 0 Å². The molecule has 1 N–H and O–H groups in total. The number of likely N-dealkylation sites (tertiary alicyclic amines) is 1. The molecule has 5 heteroatoms. The Labute approximate surface area is 112 Å². The van der Waals surface area contributed by atoms with E-state index in [1.807, 2.05) is 6.92 Å². The second-order valence-corrected chi connectivity index (χ2v) is 5.64. The van der Waals surface area contributed by atoms with Crippen molar-refractivity contribution in [2.45, 2.75) is 39.2 Å². The highest BCUT2D eigenvalue weighted by molar-refractivity contribution is 7.11. The number of carbonyl (C=O) groups is 1. The first-order chi connectivity index (χ1) is 8.72. The van der Waals surface area contributed by atoms with Gasteiger partial charge in [0, 0.05) is 12.6 Å². The largest absolute Gasteiger partial charge is 0.350 e. The molecule has 1 atom stereocenters. The second-order valence-electron chi connectivity index (χ2n) is 4.78. The average molecular weight is 267 g/mol. The van der Waals surface area contributed by atoms with Gasteiger partial charge in [0.25, 0.3) is 5.91 Å². The van der Waals surface area contributed by atoms with E-state index < -0.39 is 0 Å². The first-order valence-corrected chi connectivity index (χ1v) is 7.52. The first kappa shape index (κ1) is 13.5. The van der Waals surface area contributed by atoms with Crippen LogP contribution >= 0.6 is 11.3 Å². The Balaban J connectivity index is 1.86. The van der Waals surface area contributed by atoms with Gasteiger partial charge in [-0.1, -0.05) is 6.92 Å². The van der Waals surface area contributed by atoms with E-state index in [1.165, 1.54) is 37.3 Å². The highest BCUT2D eigenvalue weighted by Gasteiger charge is 2.21. The third-order valence-electron chi connectivity index (χ3n) is 3.58. The van der Waals surface area contributed by atoms with E-state index in [0.717, 1.165) is 23.5 Å². The van der Waals surface area contributed by atoms with E-state index >= 15 is 0 Å². The molecule has 0 aliphatic carbocycles. The number of carbonyl (C=O) groups excluding carboxylic acids is 1. The number of hydrogen-bond acceptors (Lipinski definition) is 4. The third kappa shape index (κ3) is 3.09. The smallest absolute Gasteiger partial charge is 0.263 e. The fraction of sp³-hybridized carbons (Fsp3) is 0.692. The van der Waals surface area contributed by atoms with E-state index in [-0.39, 0.29) is 5.91 Å². The van der Waals surface area contributed by atoms with Crippen molar-refractivity contribution in [3.8, 4) is 0 Å². The Hall–Kier alpha value is -0.940. The van der Waals surface area contributed by atoms with Crippen molar-refractivity contribution in [1.29, 1.82) is 0 Å². The van der Waals surface area contributed by atoms with Crippen molar-refractivity contribution in [3.05, 3.63) is 16.1 Å². The molecule has 1 saturated heterocycles. The van der Waals surface area contributed by atoms with Crippen molar-refractivity contribution < 1.29 is 4.79 Å². The van der Waals surface area contributed by atoms with Crippen molar-refractivity contribution in [2.75, 3.05) is 19.6 Å². The lowest BCUT2D eigenvalue weighted by atomic mass is 10.2. The molecule has 1 aromatic rings. The SMILES string of the molecule is CCC(CNC(=O)c1scnc1C)N1CCCC1. The monoisotopic (exact) mass is 267 g/mol. The molecule has 18 heavy (non-hydrogen) atoms. The second kappa shape index (κ2) is 6.29. The number of nitrogens with one attached hydrogen (secondary N) is 1. The molecule has 0 radical (unpaired) electrons. The van der Waals surface area contributed by atoms with Crippen LogP contribution in [0.3, 0.4) is 0 Å². The van der Waals surface area contributed by atoms with E-state index in [2.05, 4.69) is 22.1 Å². The minimum Gasteiger partial charge on any atom is -0.350 e. The summed E-state index contributed by atoms with van der Waals surface area (Å²) in [5.74, 6) is 0.0210. The van der Waals surface area contributed by atoms with Crippen molar-refractivity contribution in [2.24, 2.45) is 0 Å². The fourth-order valence-electron chi connectivity index (χ4n) is 2.45. The molecule has 0 aromatic carbocycles. The molecular formula is C13H21N3OS. The molecule has 2 heterocycles. The maximum Gasteiger partial charge on any atom is 0.263 e. The molecular weight excluding hydrogens is 246 g/mol. The topological polar surface area (TPSA) is 45.2 Å². The van der Waals surface area contributed by atoms with Crippen LogP contribution in [0.4, 0.5) is 0 Å². The van der Waals surface area contributed by atoms with Crippen LogP contribution < -0.4 is 5.32 Å². The van der Waals surface area contributed by atoms with Crippen LogP contribution in [0.1, 0.15) is 41.6 Å². The lowest BCUT2D eigenvalue weighted by Crippen LogP contribution is -2.42. The number of rotatable bonds is 5. The van der Waals surface area contributed by atoms with Crippen LogP contribution in [-0.4, -0.2) is 41.5 Å². The quantitative estimate of drug-likeness (QED) is 0.888. The standard InChI is InChI=1S/C13H21N3OS/c1-3-11(16-6-4-5-7-16)8-14-13(17)12-10(2)15-9-18-12/h9,11H,3-8H2,1-2H3,(H,14,17). The Bertz CT molecular complexity index is 399. The summed E-state index contributed by atoms with van der Waals surface area (Å²) in [6.45, 7) is 7.16. The van der Waals surface area contributed by atoms with E-state index in [1.54, 1.807) is 5.51 Å². The molecule has 1 aliphatic heterocycles. The molecule has 4 nitrogen and oxygen atoms in total. The summed E-state index contributed by atoms with van der Waals surface area (Å²) < 4.78 is 0. The minimum absolute atomic E-state index is 0.0210. The Morgan fingerprint density at radius 3 is 2.83 bits per heavy atom. The van der Waals surface area contributed by atoms with Gasteiger partial charge in [-0.15, -0.1) is 11.3 Å². The molecule has 1 amide bonds. The van der Waals surface area contributed by atoms with Gasteiger partial charge in [0.05, 0.1) is 11.2 Å². The van der Waals surface area contributed by atoms with Gasteiger partial charge in [0.15, 0.2) is 0 Å². The number of aryl methyl sites for hydroxylation is 1. The number of amides is 1. The first-order valence-electron chi connectivity index (χ1n) is 6.64. The summed E-state index contributed by atoms with van der Waals surface area (Å²) >= 11 is 1.41. The molecule has 0 bridgehead atoms. The van der Waals surface area contributed by atoms with E-state index in [0.29, 0.717) is 6.04 Å². The Morgan fingerprint density at radius 2 is 2.28 bits per heavy atom. The molecule has 1 aliphatic rings. The zero-order chi connectivity index (χ0) is 13.0. The molecule has 0 saturated carbocycles. The van der Waals surface area contributed by atoms with Gasteiger partial charge < -0.3 is 5.32 Å². The molecule has 1 fully saturated rings. The van der Waals surface area contributed by atoms with Gasteiger partial charge in [-0.3, -0.25) is 9.69 Å². The zero-order valence-corrected chi connectivity index (χ0v) is 11.9. The van der Waals surface area contributed by atoms with Crippen LogP contribution in [-0.2, 0) is 0 Å². The normalized spacial score (nSPS) is 17.9. The predicted molar refractivity (Wildman–Crippen MR) is 74.1 cm³/mol. The lowest BCUT2D eigenvalue weighted by molar-refractivity contribution is 0.0940. The highest BCUT2D eigenvalue weighted by Crippen LogP contribution is 2.15. The molecule has 2 rings (SSSR count). The van der Waals surface area contributed by atoms with Crippen molar-refractivity contribution >= 4 is 17.2 Å². The summed E-state index contributed by atoms with van der Waals surface area (Å²) in [6, 6.07) is 0.477. The number of hydrogen-bond donors (Lipinski definition) is 1. The summed E-state index contributed by atoms with van der Waals surface area (Å²) in [5, 5.41) is 3.04. The van der Waals surface area contributed by atoms with Gasteiger partial charge in [0.2, 0.25) is 0 Å². The molecule has 1 unspecified atom stereocenters. The van der Waals surface area contributed by atoms with Gasteiger partial charge in [-0.2, -0.15) is 0 Å². The maximum atomic E-state index is 12.0. The Kier molecular flexibility index (Phi) is 4.72. The van der Waals surface area contributed by atoms with Gasteiger partial charge in [-0.05, 0) is 39.3 Å². The maximum absolute atomic E-state index is 12.0. The van der Waals surface area contributed by atoms with E-state index in [9.17, 15) is 4.79 Å². The lowest BCUT2D eigenvalue weighted by Gasteiger charge is -2.26. The van der Waals surface area contributed by atoms with Crippen molar-refractivity contribution in [3.63, 3.8) is 0 Å². The Morgan fingerprint density at radius 1 is 1.56 bits per heavy atom. The molecule has 1 aromatic heterocycles. The summed E-state index contributed by atoms with van der Waals surface area (Å²) in [4.78, 5) is 19.3. The van der Waals surface area contributed by atoms with Gasteiger partial charge in [0.1, 0.15) is 4.88 Å². The fourth-order valence-corrected chi connectivity index (χ4v) is 3.17. The van der Waals surface area contributed by atoms with Crippen LogP contribution in [0.15, 0.2) is 5.51 Å². The minimum atomic E-state index is 0.0210. The number of aromatic nitrogens is 1. The number of thiazole rings is 1. The number of nitrogens with zero attached hydrogens (tertiary/aromatic N) is 2. The van der Waals surface area contributed by atoms with Crippen LogP contribution in [0, 0.1) is 6.92 Å². The summed E-state index contributed by atoms with van der Waals surface area (Å²) in [5.41, 5.74) is 2.55. The highest BCUT2D eigenvalue weighted by atomic mass is 32.1. The van der Waals surface area contributed by atoms with Crippen molar-refractivity contribution in [1.82, 2.24) is 15.2 Å². The van der Waals surface area contributed by atoms with Crippen LogP contribution in [0.5, 0.6) is 0 Å². The summed E-state index contributed by atoms with van der Waals surface area (Å²) in [6.07, 6.45) is 3.67. The molecule has 0 spiro atoms. The van der Waals surface area contributed by atoms with Gasteiger partial charge in [-0.25, -0.2) is 4.98 Å². The van der Waals surface area contributed by atoms with E-state index in [4.69, 9.17) is 0 Å². The zero-order valence-electron chi connectivity index (χ0n) is 11.1. The average Bonchev–Trinajstić information content (AvgIpc) is 3.01. The summed E-state index contributed by atoms with van der Waals surface area (Å²) in [7, 11) is 0. The van der Waals surface area contributed by atoms with Crippen LogP contribution in [0.25, 0.3) is 0 Å². The predicted octanol–water partition coefficient (Wildman–Crippen LogP) is 2.06. The third-order valence-corrected chi connectivity index (χ3v) is 4.51.